The number of hydroxylamine groups is 1. The molecular formula is C26H38N4O5. The van der Waals surface area contributed by atoms with Crippen LogP contribution >= 0.6 is 0 Å². The second-order valence-corrected chi connectivity index (χ2v) is 9.77. The molecule has 35 heavy (non-hydrogen) atoms. The number of rotatable bonds is 7. The van der Waals surface area contributed by atoms with Gasteiger partial charge in [-0.15, -0.1) is 0 Å². The van der Waals surface area contributed by atoms with E-state index >= 15 is 0 Å². The minimum atomic E-state index is -0.791. The molecule has 9 heteroatoms. The number of aryl methyl sites for hydroxylation is 1. The monoisotopic (exact) mass is 486 g/mol. The van der Waals surface area contributed by atoms with Crippen LogP contribution in [0.15, 0.2) is 24.4 Å². The number of nitrogens with zero attached hydrogens (tertiary/aromatic N) is 1. The number of amides is 3. The van der Waals surface area contributed by atoms with Crippen LogP contribution < -0.4 is 20.9 Å². The van der Waals surface area contributed by atoms with Gasteiger partial charge in [0.2, 0.25) is 17.7 Å². The Hall–Kier alpha value is -3.07. The first kappa shape index (κ1) is 26.5. The van der Waals surface area contributed by atoms with Gasteiger partial charge in [0.05, 0.1) is 7.11 Å². The zero-order valence-electron chi connectivity index (χ0n) is 20.9. The van der Waals surface area contributed by atoms with Crippen molar-refractivity contribution in [2.45, 2.75) is 71.4 Å². The van der Waals surface area contributed by atoms with Gasteiger partial charge in [-0.3, -0.25) is 19.6 Å². The second-order valence-electron chi connectivity index (χ2n) is 9.77. The molecule has 9 nitrogen and oxygen atoms in total. The summed E-state index contributed by atoms with van der Waals surface area (Å²) in [6.45, 7) is 5.37. The van der Waals surface area contributed by atoms with Gasteiger partial charge >= 0.3 is 0 Å². The molecule has 3 amide bonds. The Labute approximate surface area is 206 Å². The zero-order chi connectivity index (χ0) is 25.4. The largest absolute Gasteiger partial charge is 0.497 e. The van der Waals surface area contributed by atoms with Crippen LogP contribution in [-0.2, 0) is 27.3 Å². The number of carbonyl (C=O) groups is 3. The van der Waals surface area contributed by atoms with Crippen molar-refractivity contribution in [3.05, 3.63) is 30.0 Å². The van der Waals surface area contributed by atoms with Crippen molar-refractivity contribution >= 4 is 28.6 Å². The molecule has 192 valence electrons. The molecule has 2 heterocycles. The molecule has 1 unspecified atom stereocenters. The first-order valence-electron chi connectivity index (χ1n) is 12.5. The Balaban J connectivity index is 1.93. The van der Waals surface area contributed by atoms with Crippen LogP contribution in [0.1, 0.15) is 57.9 Å². The van der Waals surface area contributed by atoms with Gasteiger partial charge in [0.25, 0.3) is 0 Å². The van der Waals surface area contributed by atoms with Crippen molar-refractivity contribution in [2.75, 3.05) is 13.7 Å². The summed E-state index contributed by atoms with van der Waals surface area (Å²) in [6, 6.07) is 5.14. The number of hydrogen-bond donors (Lipinski definition) is 4. The molecule has 1 aromatic heterocycles. The summed E-state index contributed by atoms with van der Waals surface area (Å²) >= 11 is 0. The highest BCUT2D eigenvalue weighted by Gasteiger charge is 2.29. The topological polar surface area (TPSA) is 122 Å². The Morgan fingerprint density at radius 1 is 1.23 bits per heavy atom. The minimum Gasteiger partial charge on any atom is -0.497 e. The molecule has 4 N–H and O–H groups in total. The fraction of sp³-hybridized carbons (Fsp3) is 0.577. The fourth-order valence-corrected chi connectivity index (χ4v) is 4.76. The Bertz CT molecular complexity index is 1030. The molecule has 1 aliphatic heterocycles. The summed E-state index contributed by atoms with van der Waals surface area (Å²) in [7, 11) is 1.62. The van der Waals surface area contributed by atoms with Gasteiger partial charge in [-0.2, -0.15) is 0 Å². The lowest BCUT2D eigenvalue weighted by molar-refractivity contribution is -0.136. The number of fused-ring (bicyclic) bond motifs is 5. The molecule has 1 aromatic carbocycles. The molecule has 2 aromatic rings. The summed E-state index contributed by atoms with van der Waals surface area (Å²) in [5, 5.41) is 15.8. The second kappa shape index (κ2) is 12.6. The third kappa shape index (κ3) is 7.21. The van der Waals surface area contributed by atoms with Gasteiger partial charge in [0, 0.05) is 48.9 Å². The van der Waals surface area contributed by atoms with Crippen LogP contribution in [0.4, 0.5) is 0 Å². The van der Waals surface area contributed by atoms with Crippen LogP contribution in [0.2, 0.25) is 0 Å². The quantitative estimate of drug-likeness (QED) is 0.354. The number of carbonyl (C=O) groups excluding carboxylic acids is 3. The SMILES string of the molecule is COc1ccc2c(c1)c1cn2CCCCCCNC(=O)C(NC(=O)[C@@H](CC(=O)NO)CC(C)C)C1. The predicted molar refractivity (Wildman–Crippen MR) is 133 cm³/mol. The molecule has 0 radical (unpaired) electrons. The highest BCUT2D eigenvalue weighted by Crippen LogP contribution is 2.28. The molecule has 0 saturated heterocycles. The summed E-state index contributed by atoms with van der Waals surface area (Å²) in [6.07, 6.45) is 6.72. The van der Waals surface area contributed by atoms with E-state index in [2.05, 4.69) is 21.4 Å². The van der Waals surface area contributed by atoms with Gasteiger partial charge in [0.1, 0.15) is 11.8 Å². The van der Waals surface area contributed by atoms with E-state index < -0.39 is 17.9 Å². The van der Waals surface area contributed by atoms with Crippen molar-refractivity contribution in [2.24, 2.45) is 11.8 Å². The predicted octanol–water partition coefficient (Wildman–Crippen LogP) is 2.93. The average Bonchev–Trinajstić information content (AvgIpc) is 3.18. The molecule has 0 spiro atoms. The maximum absolute atomic E-state index is 13.2. The molecule has 0 fully saturated rings. The number of benzene rings is 1. The van der Waals surface area contributed by atoms with Crippen LogP contribution in [-0.4, -0.2) is 47.2 Å². The molecule has 3 rings (SSSR count). The van der Waals surface area contributed by atoms with E-state index in [0.717, 1.165) is 54.4 Å². The van der Waals surface area contributed by atoms with E-state index in [1.54, 1.807) is 12.6 Å². The van der Waals surface area contributed by atoms with Crippen molar-refractivity contribution in [1.29, 1.82) is 0 Å². The summed E-state index contributed by atoms with van der Waals surface area (Å²) in [5.74, 6) is -0.989. The van der Waals surface area contributed by atoms with E-state index in [0.29, 0.717) is 19.4 Å². The molecule has 0 aliphatic carbocycles. The Kier molecular flexibility index (Phi) is 9.54. The van der Waals surface area contributed by atoms with Crippen molar-refractivity contribution < 1.29 is 24.3 Å². The number of methoxy groups -OCH3 is 1. The van der Waals surface area contributed by atoms with E-state index in [4.69, 9.17) is 9.94 Å². The lowest BCUT2D eigenvalue weighted by atomic mass is 9.92. The number of aromatic nitrogens is 1. The summed E-state index contributed by atoms with van der Waals surface area (Å²) in [4.78, 5) is 38.2. The standard InChI is InChI=1S/C26H38N4O5/c1-17(2)12-18(14-24(31)29-34)25(32)28-22-13-19-16-30(11-7-5-4-6-10-27-26(22)33)23-9-8-20(35-3)15-21(19)23/h8-9,15-18,22,34H,4-7,10-14H2,1-3H3,(H,27,33)(H,28,32)(H,29,31)/t18-,22?/m1/s1. The van der Waals surface area contributed by atoms with Gasteiger partial charge in [-0.1, -0.05) is 26.7 Å². The normalized spacial score (nSPS) is 18.1. The maximum Gasteiger partial charge on any atom is 0.244 e. The van der Waals surface area contributed by atoms with E-state index in [1.165, 1.54) is 0 Å². The average molecular weight is 487 g/mol. The first-order valence-corrected chi connectivity index (χ1v) is 12.5. The van der Waals surface area contributed by atoms with Crippen LogP contribution in [0.5, 0.6) is 5.75 Å². The fourth-order valence-electron chi connectivity index (χ4n) is 4.76. The smallest absolute Gasteiger partial charge is 0.244 e. The number of hydrogen-bond acceptors (Lipinski definition) is 5. The Morgan fingerprint density at radius 3 is 2.71 bits per heavy atom. The minimum absolute atomic E-state index is 0.147. The van der Waals surface area contributed by atoms with Gasteiger partial charge in [-0.05, 0) is 48.9 Å². The van der Waals surface area contributed by atoms with Gasteiger partial charge in [0.15, 0.2) is 0 Å². The molecule has 0 saturated carbocycles. The van der Waals surface area contributed by atoms with Crippen molar-refractivity contribution in [1.82, 2.24) is 20.7 Å². The first-order chi connectivity index (χ1) is 16.8. The van der Waals surface area contributed by atoms with E-state index in [9.17, 15) is 14.4 Å². The van der Waals surface area contributed by atoms with Crippen LogP contribution in [0.25, 0.3) is 10.9 Å². The van der Waals surface area contributed by atoms with Crippen molar-refractivity contribution in [3.8, 4) is 5.75 Å². The summed E-state index contributed by atoms with van der Waals surface area (Å²) in [5.41, 5.74) is 3.63. The Morgan fingerprint density at radius 2 is 2.00 bits per heavy atom. The van der Waals surface area contributed by atoms with Crippen molar-refractivity contribution in [3.63, 3.8) is 0 Å². The molecular weight excluding hydrogens is 448 g/mol. The van der Waals surface area contributed by atoms with E-state index in [-0.39, 0.29) is 24.2 Å². The van der Waals surface area contributed by atoms with Gasteiger partial charge < -0.3 is 19.9 Å². The van der Waals surface area contributed by atoms with Crippen LogP contribution in [0.3, 0.4) is 0 Å². The number of nitrogens with one attached hydrogen (secondary N) is 3. The van der Waals surface area contributed by atoms with Crippen LogP contribution in [0, 0.1) is 11.8 Å². The maximum atomic E-state index is 13.2. The molecule has 1 aliphatic rings. The number of ether oxygens (including phenoxy) is 1. The molecule has 2 atom stereocenters. The lowest BCUT2D eigenvalue weighted by Gasteiger charge is -2.23. The summed E-state index contributed by atoms with van der Waals surface area (Å²) < 4.78 is 7.65. The zero-order valence-corrected chi connectivity index (χ0v) is 20.9. The van der Waals surface area contributed by atoms with Gasteiger partial charge in [-0.25, -0.2) is 5.48 Å². The van der Waals surface area contributed by atoms with E-state index in [1.807, 2.05) is 32.0 Å². The lowest BCUT2D eigenvalue weighted by Crippen LogP contribution is -2.50. The highest BCUT2D eigenvalue weighted by atomic mass is 16.5. The highest BCUT2D eigenvalue weighted by molar-refractivity contribution is 5.92. The third-order valence-electron chi connectivity index (χ3n) is 6.54. The molecule has 2 bridgehead atoms. The third-order valence-corrected chi connectivity index (χ3v) is 6.54.